The van der Waals surface area contributed by atoms with Crippen molar-refractivity contribution in [2.45, 2.75) is 26.3 Å². The van der Waals surface area contributed by atoms with E-state index in [9.17, 15) is 9.59 Å². The molecule has 0 bridgehead atoms. The lowest BCUT2D eigenvalue weighted by Gasteiger charge is -2.27. The molecule has 0 saturated heterocycles. The summed E-state index contributed by atoms with van der Waals surface area (Å²) in [7, 11) is 0. The van der Waals surface area contributed by atoms with Crippen LogP contribution in [0.3, 0.4) is 0 Å². The minimum atomic E-state index is -0.912. The van der Waals surface area contributed by atoms with E-state index >= 15 is 0 Å². The molecule has 1 amide bonds. The highest BCUT2D eigenvalue weighted by Gasteiger charge is 2.20. The molecule has 1 aromatic rings. The van der Waals surface area contributed by atoms with E-state index < -0.39 is 11.9 Å². The first-order chi connectivity index (χ1) is 8.43. The summed E-state index contributed by atoms with van der Waals surface area (Å²) in [5, 5.41) is 8.72. The van der Waals surface area contributed by atoms with Crippen molar-refractivity contribution >= 4 is 17.7 Å². The van der Waals surface area contributed by atoms with E-state index in [1.165, 1.54) is 12.4 Å². The van der Waals surface area contributed by atoms with Crippen LogP contribution in [0, 0.1) is 0 Å². The SMILES string of the molecule is CC(C)N(CCC(=O)O)c1nccnc1C(N)=O. The summed E-state index contributed by atoms with van der Waals surface area (Å²) in [6.07, 6.45) is 2.77. The first kappa shape index (κ1) is 13.9. The standard InChI is InChI=1S/C11H16N4O3/c1-7(2)15(6-3-8(16)17)11-9(10(12)18)13-4-5-14-11/h4-5,7H,3,6H2,1-2H3,(H2,12,18)(H,16,17). The van der Waals surface area contributed by atoms with Crippen LogP contribution in [0.15, 0.2) is 12.4 Å². The van der Waals surface area contributed by atoms with Crippen molar-refractivity contribution in [3.8, 4) is 0 Å². The Bertz CT molecular complexity index is 448. The average molecular weight is 252 g/mol. The van der Waals surface area contributed by atoms with Crippen LogP contribution >= 0.6 is 0 Å². The average Bonchev–Trinajstić information content (AvgIpc) is 2.28. The molecular weight excluding hydrogens is 236 g/mol. The molecule has 98 valence electrons. The Morgan fingerprint density at radius 1 is 1.39 bits per heavy atom. The van der Waals surface area contributed by atoms with Crippen LogP contribution in [0.4, 0.5) is 5.82 Å². The van der Waals surface area contributed by atoms with Crippen molar-refractivity contribution in [1.29, 1.82) is 0 Å². The second kappa shape index (κ2) is 5.95. The van der Waals surface area contributed by atoms with E-state index in [0.29, 0.717) is 5.82 Å². The molecule has 7 nitrogen and oxygen atoms in total. The van der Waals surface area contributed by atoms with Gasteiger partial charge in [0, 0.05) is 25.0 Å². The van der Waals surface area contributed by atoms with Crippen LogP contribution in [0.1, 0.15) is 30.8 Å². The minimum Gasteiger partial charge on any atom is -0.481 e. The molecule has 0 saturated carbocycles. The van der Waals surface area contributed by atoms with Crippen molar-refractivity contribution in [3.63, 3.8) is 0 Å². The predicted molar refractivity (Wildman–Crippen MR) is 65.3 cm³/mol. The lowest BCUT2D eigenvalue weighted by Crippen LogP contribution is -2.35. The third-order valence-electron chi connectivity index (χ3n) is 2.37. The number of amides is 1. The number of primary amides is 1. The summed E-state index contributed by atoms with van der Waals surface area (Å²) in [6.45, 7) is 3.99. The number of nitrogens with zero attached hydrogens (tertiary/aromatic N) is 3. The molecule has 0 radical (unpaired) electrons. The summed E-state index contributed by atoms with van der Waals surface area (Å²) >= 11 is 0. The second-order valence-corrected chi connectivity index (χ2v) is 4.02. The van der Waals surface area contributed by atoms with E-state index in [1.54, 1.807) is 4.90 Å². The number of carbonyl (C=O) groups excluding carboxylic acids is 1. The third kappa shape index (κ3) is 3.41. The van der Waals surface area contributed by atoms with Gasteiger partial charge in [0.05, 0.1) is 6.42 Å². The number of hydrogen-bond acceptors (Lipinski definition) is 5. The van der Waals surface area contributed by atoms with Crippen molar-refractivity contribution in [3.05, 3.63) is 18.1 Å². The number of nitrogens with two attached hydrogens (primary N) is 1. The Balaban J connectivity index is 3.05. The van der Waals surface area contributed by atoms with Gasteiger partial charge in [-0.2, -0.15) is 0 Å². The van der Waals surface area contributed by atoms with Crippen molar-refractivity contribution in [1.82, 2.24) is 9.97 Å². The second-order valence-electron chi connectivity index (χ2n) is 4.02. The van der Waals surface area contributed by atoms with Gasteiger partial charge in [-0.1, -0.05) is 0 Å². The molecule has 0 aliphatic rings. The molecule has 0 fully saturated rings. The Kier molecular flexibility index (Phi) is 4.59. The highest BCUT2D eigenvalue weighted by Crippen LogP contribution is 2.17. The van der Waals surface area contributed by atoms with Gasteiger partial charge in [0.15, 0.2) is 11.5 Å². The number of aromatic nitrogens is 2. The monoisotopic (exact) mass is 252 g/mol. The van der Waals surface area contributed by atoms with Crippen LogP contribution in [0.5, 0.6) is 0 Å². The highest BCUT2D eigenvalue weighted by atomic mass is 16.4. The van der Waals surface area contributed by atoms with Crippen LogP contribution in [0.2, 0.25) is 0 Å². The summed E-state index contributed by atoms with van der Waals surface area (Å²) in [6, 6.07) is -0.0147. The quantitative estimate of drug-likeness (QED) is 0.751. The van der Waals surface area contributed by atoms with Crippen LogP contribution in [-0.2, 0) is 4.79 Å². The molecule has 0 unspecified atom stereocenters. The largest absolute Gasteiger partial charge is 0.481 e. The first-order valence-corrected chi connectivity index (χ1v) is 5.52. The zero-order valence-corrected chi connectivity index (χ0v) is 10.3. The molecule has 0 aromatic carbocycles. The van der Waals surface area contributed by atoms with Gasteiger partial charge < -0.3 is 15.7 Å². The smallest absolute Gasteiger partial charge is 0.305 e. The van der Waals surface area contributed by atoms with Gasteiger partial charge in [0.2, 0.25) is 0 Å². The molecule has 0 spiro atoms. The number of anilines is 1. The molecule has 1 aromatic heterocycles. The minimum absolute atomic E-state index is 0.0147. The van der Waals surface area contributed by atoms with Gasteiger partial charge in [0.1, 0.15) is 0 Å². The molecule has 3 N–H and O–H groups in total. The number of aliphatic carboxylic acids is 1. The van der Waals surface area contributed by atoms with Crippen molar-refractivity contribution < 1.29 is 14.7 Å². The van der Waals surface area contributed by atoms with Crippen LogP contribution in [-0.4, -0.2) is 39.5 Å². The molecule has 0 aliphatic carbocycles. The normalized spacial score (nSPS) is 10.4. The third-order valence-corrected chi connectivity index (χ3v) is 2.37. The molecule has 0 atom stereocenters. The van der Waals surface area contributed by atoms with Crippen LogP contribution < -0.4 is 10.6 Å². The lowest BCUT2D eigenvalue weighted by atomic mass is 10.2. The molecule has 0 aliphatic heterocycles. The number of carbonyl (C=O) groups is 2. The van der Waals surface area contributed by atoms with Crippen molar-refractivity contribution in [2.24, 2.45) is 5.73 Å². The fraction of sp³-hybridized carbons (Fsp3) is 0.455. The maximum absolute atomic E-state index is 11.3. The molecule has 1 heterocycles. The Morgan fingerprint density at radius 2 is 2.00 bits per heavy atom. The van der Waals surface area contributed by atoms with Crippen LogP contribution in [0.25, 0.3) is 0 Å². The number of carboxylic acids is 1. The summed E-state index contributed by atoms with van der Waals surface area (Å²) in [4.78, 5) is 31.5. The predicted octanol–water partition coefficient (Wildman–Crippen LogP) is 0.265. The topological polar surface area (TPSA) is 109 Å². The summed E-state index contributed by atoms with van der Waals surface area (Å²) in [5.74, 6) is -1.27. The molecule has 18 heavy (non-hydrogen) atoms. The number of hydrogen-bond donors (Lipinski definition) is 2. The van der Waals surface area contributed by atoms with E-state index in [0.717, 1.165) is 0 Å². The fourth-order valence-corrected chi connectivity index (χ4v) is 1.54. The van der Waals surface area contributed by atoms with Gasteiger partial charge in [0.25, 0.3) is 5.91 Å². The van der Waals surface area contributed by atoms with Gasteiger partial charge >= 0.3 is 5.97 Å². The van der Waals surface area contributed by atoms with E-state index in [4.69, 9.17) is 10.8 Å². The van der Waals surface area contributed by atoms with E-state index in [2.05, 4.69) is 9.97 Å². The Hall–Kier alpha value is -2.18. The number of carboxylic acid groups (broad SMARTS) is 1. The fourth-order valence-electron chi connectivity index (χ4n) is 1.54. The zero-order chi connectivity index (χ0) is 13.7. The van der Waals surface area contributed by atoms with Crippen molar-refractivity contribution in [2.75, 3.05) is 11.4 Å². The molecule has 1 rings (SSSR count). The highest BCUT2D eigenvalue weighted by molar-refractivity contribution is 5.95. The summed E-state index contributed by atoms with van der Waals surface area (Å²) < 4.78 is 0. The maximum Gasteiger partial charge on any atom is 0.305 e. The van der Waals surface area contributed by atoms with E-state index in [1.807, 2.05) is 13.8 Å². The molecule has 7 heteroatoms. The van der Waals surface area contributed by atoms with Gasteiger partial charge in [-0.15, -0.1) is 0 Å². The lowest BCUT2D eigenvalue weighted by molar-refractivity contribution is -0.136. The number of rotatable bonds is 6. The molecular formula is C11H16N4O3. The van der Waals surface area contributed by atoms with Gasteiger partial charge in [-0.25, -0.2) is 9.97 Å². The zero-order valence-electron chi connectivity index (χ0n) is 10.3. The maximum atomic E-state index is 11.3. The summed E-state index contributed by atoms with van der Waals surface area (Å²) in [5.41, 5.74) is 5.28. The Labute approximate surface area is 105 Å². The van der Waals surface area contributed by atoms with Gasteiger partial charge in [-0.3, -0.25) is 9.59 Å². The van der Waals surface area contributed by atoms with E-state index in [-0.39, 0.29) is 24.7 Å². The van der Waals surface area contributed by atoms with Gasteiger partial charge in [-0.05, 0) is 13.8 Å². The Morgan fingerprint density at radius 3 is 2.50 bits per heavy atom. The first-order valence-electron chi connectivity index (χ1n) is 5.52.